The van der Waals surface area contributed by atoms with Gasteiger partial charge in [-0.15, -0.1) is 10.2 Å². The average Bonchev–Trinajstić information content (AvgIpc) is 3.10. The van der Waals surface area contributed by atoms with Crippen molar-refractivity contribution in [2.45, 2.75) is 31.5 Å². The molecule has 0 spiro atoms. The molecule has 2 heterocycles. The van der Waals surface area contributed by atoms with E-state index in [1.807, 2.05) is 31.2 Å². The van der Waals surface area contributed by atoms with Crippen LogP contribution in [0.25, 0.3) is 22.1 Å². The number of aromatic nitrogens is 4. The Hall–Kier alpha value is -2.93. The molecule has 0 saturated carbocycles. The topological polar surface area (TPSA) is 83.6 Å². The highest BCUT2D eigenvalue weighted by Crippen LogP contribution is 2.23. The van der Waals surface area contributed by atoms with Crippen LogP contribution in [0, 0.1) is 0 Å². The monoisotopic (exact) mass is 391 g/mol. The summed E-state index contributed by atoms with van der Waals surface area (Å²) in [4.78, 5) is 20.0. The van der Waals surface area contributed by atoms with Crippen LogP contribution in [0.3, 0.4) is 0 Å². The molecule has 0 fully saturated rings. The van der Waals surface area contributed by atoms with Crippen LogP contribution in [0.2, 0.25) is 0 Å². The van der Waals surface area contributed by atoms with E-state index in [1.165, 1.54) is 17.3 Å². The highest BCUT2D eigenvalue weighted by molar-refractivity contribution is 7.99. The zero-order chi connectivity index (χ0) is 19.5. The molecule has 0 unspecified atom stereocenters. The Morgan fingerprint density at radius 1 is 1.14 bits per heavy atom. The highest BCUT2D eigenvalue weighted by atomic mass is 32.2. The van der Waals surface area contributed by atoms with Crippen molar-refractivity contribution in [2.75, 3.05) is 5.75 Å². The van der Waals surface area contributed by atoms with Crippen LogP contribution < -0.4 is 5.32 Å². The van der Waals surface area contributed by atoms with Gasteiger partial charge in [-0.05, 0) is 30.5 Å². The molecule has 2 aromatic carbocycles. The number of nitrogens with one attached hydrogen (secondary N) is 2. The molecule has 1 atom stereocenters. The average molecular weight is 392 g/mol. The number of carbonyl (C=O) groups is 1. The number of amides is 1. The van der Waals surface area contributed by atoms with Crippen LogP contribution in [-0.2, 0) is 11.2 Å². The zero-order valence-electron chi connectivity index (χ0n) is 15.8. The van der Waals surface area contributed by atoms with Gasteiger partial charge in [0.05, 0.1) is 11.8 Å². The number of benzene rings is 2. The second-order valence-electron chi connectivity index (χ2n) is 6.64. The first-order valence-electron chi connectivity index (χ1n) is 9.26. The Morgan fingerprint density at radius 2 is 1.93 bits per heavy atom. The molecule has 0 saturated heterocycles. The zero-order valence-corrected chi connectivity index (χ0v) is 16.6. The van der Waals surface area contributed by atoms with E-state index in [2.05, 4.69) is 56.7 Å². The lowest BCUT2D eigenvalue weighted by Gasteiger charge is -2.14. The number of hydrogen-bond donors (Lipinski definition) is 2. The first-order valence-corrected chi connectivity index (χ1v) is 10.2. The largest absolute Gasteiger partial charge is 0.349 e. The van der Waals surface area contributed by atoms with E-state index < -0.39 is 0 Å². The van der Waals surface area contributed by atoms with Gasteiger partial charge >= 0.3 is 0 Å². The van der Waals surface area contributed by atoms with Gasteiger partial charge in [0.2, 0.25) is 11.1 Å². The van der Waals surface area contributed by atoms with Crippen LogP contribution in [-0.4, -0.2) is 31.8 Å². The molecule has 28 heavy (non-hydrogen) atoms. The van der Waals surface area contributed by atoms with Gasteiger partial charge in [0, 0.05) is 10.9 Å². The highest BCUT2D eigenvalue weighted by Gasteiger charge is 2.13. The molecule has 0 radical (unpaired) electrons. The van der Waals surface area contributed by atoms with Crippen molar-refractivity contribution >= 4 is 39.7 Å². The second-order valence-corrected chi connectivity index (χ2v) is 7.58. The van der Waals surface area contributed by atoms with Gasteiger partial charge in [-0.2, -0.15) is 0 Å². The van der Waals surface area contributed by atoms with Gasteiger partial charge in [-0.1, -0.05) is 61.2 Å². The Balaban J connectivity index is 1.39. The van der Waals surface area contributed by atoms with Gasteiger partial charge in [-0.3, -0.25) is 4.79 Å². The fraction of sp³-hybridized carbons (Fsp3) is 0.238. The minimum atomic E-state index is -0.0580. The molecule has 0 aliphatic carbocycles. The minimum absolute atomic E-state index is 0.0470. The number of H-pyrrole nitrogens is 1. The summed E-state index contributed by atoms with van der Waals surface area (Å²) >= 11 is 1.28. The SMILES string of the molecule is CCc1ccc([C@H](C)NC(=O)CSc2nnc3c(n2)[nH]c2ccccc23)cc1. The van der Waals surface area contributed by atoms with Gasteiger partial charge in [0.1, 0.15) is 5.52 Å². The van der Waals surface area contributed by atoms with Crippen molar-refractivity contribution in [3.05, 3.63) is 59.7 Å². The Labute approximate surface area is 167 Å². The summed E-state index contributed by atoms with van der Waals surface area (Å²) in [7, 11) is 0. The lowest BCUT2D eigenvalue weighted by atomic mass is 10.1. The number of aryl methyl sites for hydroxylation is 1. The number of carbonyl (C=O) groups excluding carboxylic acids is 1. The van der Waals surface area contributed by atoms with E-state index in [9.17, 15) is 4.79 Å². The van der Waals surface area contributed by atoms with Crippen molar-refractivity contribution in [3.63, 3.8) is 0 Å². The van der Waals surface area contributed by atoms with Crippen LogP contribution in [0.15, 0.2) is 53.7 Å². The maximum absolute atomic E-state index is 12.3. The van der Waals surface area contributed by atoms with E-state index in [0.717, 1.165) is 28.4 Å². The van der Waals surface area contributed by atoms with Crippen LogP contribution >= 0.6 is 11.8 Å². The first kappa shape index (κ1) is 18.4. The Morgan fingerprint density at radius 3 is 2.71 bits per heavy atom. The van der Waals surface area contributed by atoms with E-state index in [0.29, 0.717) is 10.8 Å². The Bertz CT molecular complexity index is 1120. The third-order valence-corrected chi connectivity index (χ3v) is 5.54. The van der Waals surface area contributed by atoms with Crippen molar-refractivity contribution in [1.29, 1.82) is 0 Å². The van der Waals surface area contributed by atoms with E-state index in [4.69, 9.17) is 0 Å². The number of rotatable bonds is 6. The Kier molecular flexibility index (Phi) is 5.25. The number of nitrogens with zero attached hydrogens (tertiary/aromatic N) is 3. The molecule has 0 bridgehead atoms. The number of aromatic amines is 1. The van der Waals surface area contributed by atoms with Crippen molar-refractivity contribution in [3.8, 4) is 0 Å². The number of hydrogen-bond acceptors (Lipinski definition) is 5. The predicted octanol–water partition coefficient (Wildman–Crippen LogP) is 4.04. The standard InChI is InChI=1S/C21H21N5OS/c1-3-14-8-10-15(11-9-14)13(2)22-18(27)12-28-21-24-20-19(25-26-21)16-6-4-5-7-17(16)23-20/h4-11,13H,3,12H2,1-2H3,(H,22,27)(H,23,24,26)/t13-/m0/s1. The molecule has 142 valence electrons. The molecule has 7 heteroatoms. The summed E-state index contributed by atoms with van der Waals surface area (Å²) in [6.45, 7) is 4.11. The summed E-state index contributed by atoms with van der Waals surface area (Å²) in [6.07, 6.45) is 1.01. The quantitative estimate of drug-likeness (QED) is 0.485. The van der Waals surface area contributed by atoms with E-state index in [1.54, 1.807) is 0 Å². The summed E-state index contributed by atoms with van der Waals surface area (Å²) < 4.78 is 0. The fourth-order valence-corrected chi connectivity index (χ4v) is 3.70. The second kappa shape index (κ2) is 7.98. The molecule has 0 aliphatic rings. The third kappa shape index (κ3) is 3.84. The fourth-order valence-electron chi connectivity index (χ4n) is 3.11. The lowest BCUT2D eigenvalue weighted by molar-refractivity contribution is -0.119. The van der Waals surface area contributed by atoms with Crippen molar-refractivity contribution in [1.82, 2.24) is 25.5 Å². The molecule has 0 aliphatic heterocycles. The first-order chi connectivity index (χ1) is 13.6. The van der Waals surface area contributed by atoms with Gasteiger partial charge in [0.25, 0.3) is 0 Å². The summed E-state index contributed by atoms with van der Waals surface area (Å²) in [5, 5.41) is 12.9. The summed E-state index contributed by atoms with van der Waals surface area (Å²) in [6, 6.07) is 16.2. The molecule has 2 N–H and O–H groups in total. The summed E-state index contributed by atoms with van der Waals surface area (Å²) in [5.74, 6) is 0.183. The van der Waals surface area contributed by atoms with Crippen LogP contribution in [0.1, 0.15) is 31.0 Å². The molecule has 6 nitrogen and oxygen atoms in total. The van der Waals surface area contributed by atoms with Crippen molar-refractivity contribution < 1.29 is 4.79 Å². The predicted molar refractivity (Wildman–Crippen MR) is 112 cm³/mol. The maximum Gasteiger partial charge on any atom is 0.230 e. The molecule has 2 aromatic heterocycles. The molecular formula is C21H21N5OS. The number of thioether (sulfide) groups is 1. The van der Waals surface area contributed by atoms with Gasteiger partial charge < -0.3 is 10.3 Å². The molecule has 1 amide bonds. The molecular weight excluding hydrogens is 370 g/mol. The number of para-hydroxylation sites is 1. The minimum Gasteiger partial charge on any atom is -0.349 e. The van der Waals surface area contributed by atoms with Crippen LogP contribution in [0.5, 0.6) is 0 Å². The maximum atomic E-state index is 12.3. The number of fused-ring (bicyclic) bond motifs is 3. The third-order valence-electron chi connectivity index (χ3n) is 4.70. The summed E-state index contributed by atoms with van der Waals surface area (Å²) in [5.41, 5.74) is 4.78. The van der Waals surface area contributed by atoms with Crippen LogP contribution in [0.4, 0.5) is 0 Å². The van der Waals surface area contributed by atoms with Crippen molar-refractivity contribution in [2.24, 2.45) is 0 Å². The van der Waals surface area contributed by atoms with E-state index in [-0.39, 0.29) is 17.7 Å². The van der Waals surface area contributed by atoms with E-state index >= 15 is 0 Å². The van der Waals surface area contributed by atoms with Gasteiger partial charge in [0.15, 0.2) is 5.65 Å². The molecule has 4 aromatic rings. The lowest BCUT2D eigenvalue weighted by Crippen LogP contribution is -2.28. The smallest absolute Gasteiger partial charge is 0.230 e. The normalized spacial score (nSPS) is 12.4. The van der Waals surface area contributed by atoms with Gasteiger partial charge in [-0.25, -0.2) is 4.98 Å². The molecule has 4 rings (SSSR count).